The van der Waals surface area contributed by atoms with Gasteiger partial charge >= 0.3 is 5.97 Å². The number of hydrogen-bond donors (Lipinski definition) is 1. The highest BCUT2D eigenvalue weighted by Gasteiger charge is 2.13. The summed E-state index contributed by atoms with van der Waals surface area (Å²) in [6, 6.07) is 5.18. The van der Waals surface area contributed by atoms with Crippen molar-refractivity contribution in [2.75, 3.05) is 6.61 Å². The van der Waals surface area contributed by atoms with E-state index in [1.54, 1.807) is 31.3 Å². The largest absolute Gasteiger partial charge is 0.462 e. The average molecular weight is 245 g/mol. The molecule has 1 aromatic carbocycles. The number of benzene rings is 1. The number of fused-ring (bicyclic) bond motifs is 1. The molecule has 4 nitrogen and oxygen atoms in total. The second-order valence-corrected chi connectivity index (χ2v) is 3.96. The Bertz CT molecular complexity index is 598. The predicted molar refractivity (Wildman–Crippen MR) is 68.9 cm³/mol. The minimum Gasteiger partial charge on any atom is -0.462 e. The maximum absolute atomic E-state index is 11.8. The number of Topliss-reactive ketones (excluding diaryl/α,β-unsaturated/α-hetero) is 1. The van der Waals surface area contributed by atoms with Crippen LogP contribution in [0, 0.1) is 0 Å². The highest BCUT2D eigenvalue weighted by Crippen LogP contribution is 2.21. The van der Waals surface area contributed by atoms with Crippen molar-refractivity contribution >= 4 is 22.7 Å². The quantitative estimate of drug-likeness (QED) is 0.665. The number of esters is 1. The number of carbonyl (C=O) groups is 2. The standard InChI is InChI=1S/C14H15NO3/c1-3-13(16)11-8-15-12-6-5-9(7-10(11)12)14(17)18-4-2/h5-8,15H,3-4H2,1-2H3. The van der Waals surface area contributed by atoms with Gasteiger partial charge in [0.2, 0.25) is 0 Å². The molecule has 2 rings (SSSR count). The molecule has 0 saturated carbocycles. The van der Waals surface area contributed by atoms with E-state index in [-0.39, 0.29) is 11.8 Å². The summed E-state index contributed by atoms with van der Waals surface area (Å²) in [5, 5.41) is 0.771. The van der Waals surface area contributed by atoms with Crippen molar-refractivity contribution in [1.29, 1.82) is 0 Å². The van der Waals surface area contributed by atoms with Gasteiger partial charge < -0.3 is 9.72 Å². The van der Waals surface area contributed by atoms with Gasteiger partial charge in [-0.3, -0.25) is 4.79 Å². The van der Waals surface area contributed by atoms with Crippen LogP contribution >= 0.6 is 0 Å². The van der Waals surface area contributed by atoms with Crippen LogP contribution in [0.3, 0.4) is 0 Å². The molecule has 0 fully saturated rings. The van der Waals surface area contributed by atoms with E-state index >= 15 is 0 Å². The topological polar surface area (TPSA) is 59.2 Å². The van der Waals surface area contributed by atoms with E-state index in [0.29, 0.717) is 24.2 Å². The average Bonchev–Trinajstić information content (AvgIpc) is 2.81. The van der Waals surface area contributed by atoms with Crippen LogP contribution in [0.1, 0.15) is 41.0 Å². The monoisotopic (exact) mass is 245 g/mol. The number of ketones is 1. The van der Waals surface area contributed by atoms with E-state index in [9.17, 15) is 9.59 Å². The molecule has 0 aliphatic heterocycles. The fourth-order valence-electron chi connectivity index (χ4n) is 1.88. The van der Waals surface area contributed by atoms with Crippen molar-refractivity contribution in [3.63, 3.8) is 0 Å². The lowest BCUT2D eigenvalue weighted by atomic mass is 10.1. The Hall–Kier alpha value is -2.10. The fraction of sp³-hybridized carbons (Fsp3) is 0.286. The van der Waals surface area contributed by atoms with Gasteiger partial charge in [-0.25, -0.2) is 4.79 Å². The van der Waals surface area contributed by atoms with Gasteiger partial charge in [0.1, 0.15) is 0 Å². The molecule has 0 radical (unpaired) electrons. The lowest BCUT2D eigenvalue weighted by Gasteiger charge is -2.02. The summed E-state index contributed by atoms with van der Waals surface area (Å²) in [7, 11) is 0. The predicted octanol–water partition coefficient (Wildman–Crippen LogP) is 2.94. The van der Waals surface area contributed by atoms with Gasteiger partial charge in [-0.1, -0.05) is 6.92 Å². The van der Waals surface area contributed by atoms with Crippen molar-refractivity contribution in [3.8, 4) is 0 Å². The molecule has 0 aliphatic carbocycles. The third-order valence-corrected chi connectivity index (χ3v) is 2.81. The number of carbonyl (C=O) groups excluding carboxylic acids is 2. The Labute approximate surface area is 105 Å². The van der Waals surface area contributed by atoms with Gasteiger partial charge in [0.15, 0.2) is 5.78 Å². The maximum Gasteiger partial charge on any atom is 0.338 e. The first-order valence-electron chi connectivity index (χ1n) is 5.98. The number of hydrogen-bond acceptors (Lipinski definition) is 3. The van der Waals surface area contributed by atoms with E-state index < -0.39 is 0 Å². The first-order chi connectivity index (χ1) is 8.67. The minimum atomic E-state index is -0.365. The smallest absolute Gasteiger partial charge is 0.338 e. The highest BCUT2D eigenvalue weighted by molar-refractivity contribution is 6.09. The van der Waals surface area contributed by atoms with Crippen molar-refractivity contribution in [1.82, 2.24) is 4.98 Å². The Morgan fingerprint density at radius 2 is 2.06 bits per heavy atom. The molecule has 18 heavy (non-hydrogen) atoms. The molecule has 0 amide bonds. The molecule has 1 aromatic heterocycles. The number of rotatable bonds is 4. The molecule has 0 unspecified atom stereocenters. The number of aromatic amines is 1. The summed E-state index contributed by atoms with van der Waals surface area (Å²) >= 11 is 0. The van der Waals surface area contributed by atoms with Crippen molar-refractivity contribution in [3.05, 3.63) is 35.5 Å². The maximum atomic E-state index is 11.8. The summed E-state index contributed by atoms with van der Waals surface area (Å²) < 4.78 is 4.95. The van der Waals surface area contributed by atoms with Crippen molar-refractivity contribution < 1.29 is 14.3 Å². The van der Waals surface area contributed by atoms with E-state index in [1.165, 1.54) is 0 Å². The number of H-pyrrole nitrogens is 1. The molecular weight excluding hydrogens is 230 g/mol. The second kappa shape index (κ2) is 5.04. The number of ether oxygens (including phenoxy) is 1. The SMILES string of the molecule is CCOC(=O)c1ccc2[nH]cc(C(=O)CC)c2c1. The van der Waals surface area contributed by atoms with Gasteiger partial charge in [0.25, 0.3) is 0 Å². The van der Waals surface area contributed by atoms with Gasteiger partial charge in [0, 0.05) is 29.1 Å². The zero-order valence-electron chi connectivity index (χ0n) is 10.4. The van der Waals surface area contributed by atoms with Crippen LogP contribution in [0.5, 0.6) is 0 Å². The summed E-state index contributed by atoms with van der Waals surface area (Å²) in [5.74, 6) is -0.308. The molecule has 0 bridgehead atoms. The van der Waals surface area contributed by atoms with Crippen LogP contribution in [-0.2, 0) is 4.74 Å². The van der Waals surface area contributed by atoms with Crippen LogP contribution in [0.25, 0.3) is 10.9 Å². The van der Waals surface area contributed by atoms with Gasteiger partial charge in [0.05, 0.1) is 12.2 Å². The van der Waals surface area contributed by atoms with Crippen LogP contribution < -0.4 is 0 Å². The number of aromatic nitrogens is 1. The molecule has 0 spiro atoms. The lowest BCUT2D eigenvalue weighted by molar-refractivity contribution is 0.0526. The zero-order valence-corrected chi connectivity index (χ0v) is 10.4. The molecule has 0 atom stereocenters. The van der Waals surface area contributed by atoms with Gasteiger partial charge in [-0.2, -0.15) is 0 Å². The summed E-state index contributed by atoms with van der Waals surface area (Å²) in [6.07, 6.45) is 2.13. The Morgan fingerprint density at radius 1 is 1.28 bits per heavy atom. The highest BCUT2D eigenvalue weighted by atomic mass is 16.5. The fourth-order valence-corrected chi connectivity index (χ4v) is 1.88. The van der Waals surface area contributed by atoms with Crippen LogP contribution in [-0.4, -0.2) is 23.3 Å². The molecule has 1 N–H and O–H groups in total. The minimum absolute atomic E-state index is 0.0576. The van der Waals surface area contributed by atoms with Crippen LogP contribution in [0.15, 0.2) is 24.4 Å². The van der Waals surface area contributed by atoms with Gasteiger partial charge in [-0.15, -0.1) is 0 Å². The normalized spacial score (nSPS) is 10.6. The Kier molecular flexibility index (Phi) is 3.46. The second-order valence-electron chi connectivity index (χ2n) is 3.96. The third-order valence-electron chi connectivity index (χ3n) is 2.81. The zero-order chi connectivity index (χ0) is 13.1. The summed E-state index contributed by atoms with van der Waals surface area (Å²) in [6.45, 7) is 3.92. The van der Waals surface area contributed by atoms with Crippen molar-refractivity contribution in [2.45, 2.75) is 20.3 Å². The number of nitrogens with one attached hydrogen (secondary N) is 1. The summed E-state index contributed by atoms with van der Waals surface area (Å²) in [4.78, 5) is 26.4. The molecule has 0 aliphatic rings. The van der Waals surface area contributed by atoms with E-state index in [1.807, 2.05) is 6.92 Å². The Morgan fingerprint density at radius 3 is 2.72 bits per heavy atom. The first-order valence-corrected chi connectivity index (χ1v) is 5.98. The molecule has 4 heteroatoms. The van der Waals surface area contributed by atoms with E-state index in [2.05, 4.69) is 4.98 Å². The van der Waals surface area contributed by atoms with Crippen molar-refractivity contribution in [2.24, 2.45) is 0 Å². The van der Waals surface area contributed by atoms with Crippen LogP contribution in [0.2, 0.25) is 0 Å². The molecule has 94 valence electrons. The molecular formula is C14H15NO3. The van der Waals surface area contributed by atoms with Crippen LogP contribution in [0.4, 0.5) is 0 Å². The van der Waals surface area contributed by atoms with Gasteiger partial charge in [-0.05, 0) is 25.1 Å². The first kappa shape index (κ1) is 12.4. The van der Waals surface area contributed by atoms with E-state index in [4.69, 9.17) is 4.74 Å². The summed E-state index contributed by atoms with van der Waals surface area (Å²) in [5.41, 5.74) is 1.94. The molecule has 2 aromatic rings. The molecule has 0 saturated heterocycles. The Balaban J connectivity index is 2.48. The molecule has 1 heterocycles. The van der Waals surface area contributed by atoms with E-state index in [0.717, 1.165) is 10.9 Å². The lowest BCUT2D eigenvalue weighted by Crippen LogP contribution is -2.04. The third kappa shape index (κ3) is 2.14.